The van der Waals surface area contributed by atoms with Crippen LogP contribution in [-0.2, 0) is 12.2 Å². The van der Waals surface area contributed by atoms with E-state index in [1.165, 1.54) is 11.3 Å². The fourth-order valence-corrected chi connectivity index (χ4v) is 3.73. The first-order valence-electron chi connectivity index (χ1n) is 7.48. The van der Waals surface area contributed by atoms with Crippen LogP contribution < -0.4 is 10.6 Å². The number of urea groups is 1. The molecular weight excluding hydrogens is 380 g/mol. The van der Waals surface area contributed by atoms with Gasteiger partial charge in [-0.1, -0.05) is 29.9 Å². The third-order valence-electron chi connectivity index (χ3n) is 3.09. The van der Waals surface area contributed by atoms with Crippen molar-refractivity contribution in [1.29, 1.82) is 0 Å². The molecule has 0 saturated carbocycles. The van der Waals surface area contributed by atoms with Crippen LogP contribution in [0.2, 0.25) is 5.02 Å². The van der Waals surface area contributed by atoms with Crippen molar-refractivity contribution in [2.24, 2.45) is 0 Å². The smallest absolute Gasteiger partial charge is 0.325 e. The van der Waals surface area contributed by atoms with Gasteiger partial charge in [0.25, 0.3) is 0 Å². The van der Waals surface area contributed by atoms with Gasteiger partial charge in [0.2, 0.25) is 5.89 Å². The molecule has 2 heterocycles. The van der Waals surface area contributed by atoms with Crippen molar-refractivity contribution in [2.45, 2.75) is 23.3 Å². The third kappa shape index (κ3) is 5.22. The second-order valence-electron chi connectivity index (χ2n) is 4.93. The predicted octanol–water partition coefficient (Wildman–Crippen LogP) is 5.28. The van der Waals surface area contributed by atoms with Crippen molar-refractivity contribution in [3.8, 4) is 0 Å². The number of aromatic nitrogens is 2. The Morgan fingerprint density at radius 1 is 1.24 bits per heavy atom. The fourth-order valence-electron chi connectivity index (χ4n) is 1.89. The number of hydrogen-bond acceptors (Lipinski definition) is 6. The van der Waals surface area contributed by atoms with Gasteiger partial charge in [0.1, 0.15) is 5.76 Å². The number of carbonyl (C=O) groups excluding carboxylic acids is 1. The first kappa shape index (κ1) is 17.8. The number of aryl methyl sites for hydroxylation is 1. The molecule has 2 N–H and O–H groups in total. The van der Waals surface area contributed by atoms with Crippen LogP contribution in [0.5, 0.6) is 0 Å². The van der Waals surface area contributed by atoms with E-state index >= 15 is 0 Å². The van der Waals surface area contributed by atoms with Gasteiger partial charge in [0.05, 0.1) is 22.4 Å². The minimum absolute atomic E-state index is 0.353. The molecule has 0 aliphatic carbocycles. The van der Waals surface area contributed by atoms with Crippen LogP contribution >= 0.6 is 34.7 Å². The number of benzene rings is 1. The Balaban J connectivity index is 1.50. The van der Waals surface area contributed by atoms with Crippen LogP contribution in [0.3, 0.4) is 0 Å². The first-order chi connectivity index (χ1) is 12.1. The van der Waals surface area contributed by atoms with Crippen molar-refractivity contribution in [3.05, 3.63) is 53.3 Å². The lowest BCUT2D eigenvalue weighted by atomic mass is 10.3. The number of oxazole rings is 1. The molecule has 6 nitrogen and oxygen atoms in total. The van der Waals surface area contributed by atoms with E-state index in [1.54, 1.807) is 48.4 Å². The molecule has 2 amide bonds. The van der Waals surface area contributed by atoms with E-state index in [-0.39, 0.29) is 6.03 Å². The monoisotopic (exact) mass is 394 g/mol. The highest BCUT2D eigenvalue weighted by Gasteiger charge is 2.09. The molecule has 0 aliphatic rings. The Labute approximate surface area is 158 Å². The number of amides is 2. The molecule has 9 heteroatoms. The van der Waals surface area contributed by atoms with E-state index in [9.17, 15) is 4.79 Å². The molecule has 1 aromatic carbocycles. The number of rotatable bonds is 6. The standard InChI is InChI=1S/C16H15ClN4O2S2/c1-2-12-7-18-13(23-12)9-24-14-8-19-16(25-14)21-15(22)20-11-5-3-10(17)4-6-11/h3-8H,2,9H2,1H3,(H2,19,20,21,22). The van der Waals surface area contributed by atoms with Gasteiger partial charge < -0.3 is 9.73 Å². The second kappa shape index (κ2) is 8.37. The highest BCUT2D eigenvalue weighted by molar-refractivity contribution is 8.00. The molecule has 0 aliphatic heterocycles. The van der Waals surface area contributed by atoms with Crippen molar-refractivity contribution in [2.75, 3.05) is 10.6 Å². The van der Waals surface area contributed by atoms with Gasteiger partial charge in [-0.05, 0) is 24.3 Å². The Bertz CT molecular complexity index is 848. The number of nitrogens with zero attached hydrogens (tertiary/aromatic N) is 2. The Kier molecular flexibility index (Phi) is 5.95. The van der Waals surface area contributed by atoms with E-state index in [2.05, 4.69) is 20.6 Å². The van der Waals surface area contributed by atoms with Crippen molar-refractivity contribution in [3.63, 3.8) is 0 Å². The summed E-state index contributed by atoms with van der Waals surface area (Å²) in [4.78, 5) is 20.4. The molecule has 2 aromatic heterocycles. The van der Waals surface area contributed by atoms with Crippen molar-refractivity contribution in [1.82, 2.24) is 9.97 Å². The predicted molar refractivity (Wildman–Crippen MR) is 102 cm³/mol. The highest BCUT2D eigenvalue weighted by Crippen LogP contribution is 2.30. The molecular formula is C16H15ClN4O2S2. The lowest BCUT2D eigenvalue weighted by molar-refractivity contribution is 0.262. The Morgan fingerprint density at radius 3 is 2.76 bits per heavy atom. The van der Waals surface area contributed by atoms with Crippen LogP contribution in [0.15, 0.2) is 45.3 Å². The summed E-state index contributed by atoms with van der Waals surface area (Å²) in [5, 5.41) is 6.57. The van der Waals surface area contributed by atoms with Crippen LogP contribution in [0.1, 0.15) is 18.6 Å². The highest BCUT2D eigenvalue weighted by atomic mass is 35.5. The topological polar surface area (TPSA) is 80.0 Å². The summed E-state index contributed by atoms with van der Waals surface area (Å²) in [6.45, 7) is 2.02. The van der Waals surface area contributed by atoms with Gasteiger partial charge in [-0.25, -0.2) is 14.8 Å². The van der Waals surface area contributed by atoms with Crippen LogP contribution in [0, 0.1) is 0 Å². The van der Waals surface area contributed by atoms with E-state index in [4.69, 9.17) is 16.0 Å². The molecule has 0 radical (unpaired) electrons. The van der Waals surface area contributed by atoms with E-state index in [0.29, 0.717) is 27.5 Å². The number of hydrogen-bond donors (Lipinski definition) is 2. The number of carbonyl (C=O) groups is 1. The minimum atomic E-state index is -0.353. The number of thiazole rings is 1. The molecule has 0 bridgehead atoms. The lowest BCUT2D eigenvalue weighted by Crippen LogP contribution is -2.19. The van der Waals surface area contributed by atoms with E-state index in [0.717, 1.165) is 16.4 Å². The van der Waals surface area contributed by atoms with E-state index < -0.39 is 0 Å². The summed E-state index contributed by atoms with van der Waals surface area (Å²) in [5.41, 5.74) is 0.656. The normalized spacial score (nSPS) is 10.6. The molecule has 3 rings (SSSR count). The van der Waals surface area contributed by atoms with Crippen LogP contribution in [0.25, 0.3) is 0 Å². The number of anilines is 2. The Morgan fingerprint density at radius 2 is 2.04 bits per heavy atom. The summed E-state index contributed by atoms with van der Waals surface area (Å²) < 4.78 is 6.53. The van der Waals surface area contributed by atoms with Gasteiger partial charge in [-0.2, -0.15) is 0 Å². The minimum Gasteiger partial charge on any atom is -0.445 e. The van der Waals surface area contributed by atoms with Crippen LogP contribution in [0.4, 0.5) is 15.6 Å². The maximum absolute atomic E-state index is 12.0. The zero-order chi connectivity index (χ0) is 17.6. The first-order valence-corrected chi connectivity index (χ1v) is 9.66. The average Bonchev–Trinajstić information content (AvgIpc) is 3.24. The van der Waals surface area contributed by atoms with Gasteiger partial charge in [0.15, 0.2) is 5.13 Å². The maximum Gasteiger partial charge on any atom is 0.325 e. The average molecular weight is 395 g/mol. The molecule has 0 atom stereocenters. The summed E-state index contributed by atoms with van der Waals surface area (Å²) in [7, 11) is 0. The number of thioether (sulfide) groups is 1. The SMILES string of the molecule is CCc1cnc(CSc2cnc(NC(=O)Nc3ccc(Cl)cc3)s2)o1. The van der Waals surface area contributed by atoms with Crippen molar-refractivity contribution >= 4 is 51.5 Å². The maximum atomic E-state index is 12.0. The second-order valence-corrected chi connectivity index (χ2v) is 7.68. The quantitative estimate of drug-likeness (QED) is 0.555. The molecule has 0 unspecified atom stereocenters. The zero-order valence-corrected chi connectivity index (χ0v) is 15.7. The van der Waals surface area contributed by atoms with Gasteiger partial charge in [0, 0.05) is 17.1 Å². The molecule has 0 fully saturated rings. The van der Waals surface area contributed by atoms with Gasteiger partial charge >= 0.3 is 6.03 Å². The van der Waals surface area contributed by atoms with Crippen molar-refractivity contribution < 1.29 is 9.21 Å². The number of halogens is 1. The molecule has 25 heavy (non-hydrogen) atoms. The molecule has 0 saturated heterocycles. The Hall–Kier alpha value is -2.03. The molecule has 0 spiro atoms. The lowest BCUT2D eigenvalue weighted by Gasteiger charge is -2.05. The molecule has 130 valence electrons. The van der Waals surface area contributed by atoms with Gasteiger partial charge in [-0.3, -0.25) is 5.32 Å². The third-order valence-corrected chi connectivity index (χ3v) is 5.44. The summed E-state index contributed by atoms with van der Waals surface area (Å²) in [6, 6.07) is 6.52. The zero-order valence-electron chi connectivity index (χ0n) is 13.3. The largest absolute Gasteiger partial charge is 0.445 e. The van der Waals surface area contributed by atoms with Gasteiger partial charge in [-0.15, -0.1) is 11.8 Å². The summed E-state index contributed by atoms with van der Waals surface area (Å²) in [6.07, 6.45) is 4.29. The summed E-state index contributed by atoms with van der Waals surface area (Å²) in [5.74, 6) is 2.19. The van der Waals surface area contributed by atoms with E-state index in [1.807, 2.05) is 6.92 Å². The fraction of sp³-hybridized carbons (Fsp3) is 0.188. The van der Waals surface area contributed by atoms with Crippen LogP contribution in [-0.4, -0.2) is 16.0 Å². The molecule has 3 aromatic rings. The number of nitrogens with one attached hydrogen (secondary N) is 2. The summed E-state index contributed by atoms with van der Waals surface area (Å²) >= 11 is 8.77.